The number of fused-ring (bicyclic) bond motifs is 1. The van der Waals surface area contributed by atoms with Gasteiger partial charge < -0.3 is 0 Å². The molecular weight excluding hydrogens is 337 g/mol. The Morgan fingerprint density at radius 1 is 1.56 bits per heavy atom. The quantitative estimate of drug-likeness (QED) is 0.486. The Labute approximate surface area is 111 Å². The largest absolute Gasteiger partial charge is 0.272 e. The number of pyridine rings is 1. The van der Waals surface area contributed by atoms with Gasteiger partial charge in [0.15, 0.2) is 10.8 Å². The van der Waals surface area contributed by atoms with Gasteiger partial charge in [0.25, 0.3) is 5.56 Å². The van der Waals surface area contributed by atoms with Crippen molar-refractivity contribution in [2.75, 3.05) is 5.75 Å². The molecule has 0 spiro atoms. The van der Waals surface area contributed by atoms with Crippen molar-refractivity contribution in [3.8, 4) is 0 Å². The topological polar surface area (TPSA) is 47.8 Å². The summed E-state index contributed by atoms with van der Waals surface area (Å²) in [6.45, 7) is 2.10. The summed E-state index contributed by atoms with van der Waals surface area (Å²) in [4.78, 5) is 20.5. The van der Waals surface area contributed by atoms with Gasteiger partial charge in [-0.25, -0.2) is 12.7 Å². The first-order valence-electron chi connectivity index (χ1n) is 4.90. The highest BCUT2D eigenvalue weighted by Crippen LogP contribution is 2.18. The van der Waals surface area contributed by atoms with Crippen LogP contribution in [0.4, 0.5) is 0 Å². The van der Waals surface area contributed by atoms with E-state index < -0.39 is 0 Å². The van der Waals surface area contributed by atoms with Gasteiger partial charge in [0.2, 0.25) is 0 Å². The molecule has 0 unspecified atom stereocenters. The zero-order valence-electron chi connectivity index (χ0n) is 8.68. The maximum atomic E-state index is 12.0. The van der Waals surface area contributed by atoms with E-state index in [0.29, 0.717) is 11.0 Å². The number of nitrogens with zero attached hydrogens (tertiary/aromatic N) is 3. The third-order valence-corrected chi connectivity index (χ3v) is 4.37. The highest BCUT2D eigenvalue weighted by Gasteiger charge is 2.09. The normalized spacial score (nSPS) is 10.9. The molecule has 6 heteroatoms. The molecule has 84 valence electrons. The SMILES string of the molecule is CCCSc1nc2ncccc2c(=O)n1I. The van der Waals surface area contributed by atoms with Gasteiger partial charge in [-0.3, -0.25) is 4.79 Å². The lowest BCUT2D eigenvalue weighted by Crippen LogP contribution is -2.16. The summed E-state index contributed by atoms with van der Waals surface area (Å²) in [6.07, 6.45) is 2.71. The van der Waals surface area contributed by atoms with Crippen LogP contribution < -0.4 is 5.56 Å². The first-order valence-corrected chi connectivity index (χ1v) is 6.86. The van der Waals surface area contributed by atoms with Crippen LogP contribution in [0.25, 0.3) is 11.0 Å². The van der Waals surface area contributed by atoms with Crippen LogP contribution in [-0.4, -0.2) is 18.5 Å². The molecule has 0 saturated carbocycles. The number of halogens is 1. The van der Waals surface area contributed by atoms with E-state index in [-0.39, 0.29) is 5.56 Å². The molecule has 0 aliphatic heterocycles. The highest BCUT2D eigenvalue weighted by atomic mass is 127. The fourth-order valence-electron chi connectivity index (χ4n) is 1.26. The third kappa shape index (κ3) is 2.22. The molecule has 0 radical (unpaired) electrons. The molecule has 16 heavy (non-hydrogen) atoms. The average Bonchev–Trinajstić information content (AvgIpc) is 2.32. The molecule has 0 atom stereocenters. The Kier molecular flexibility index (Phi) is 3.80. The van der Waals surface area contributed by atoms with Crippen LogP contribution in [0.3, 0.4) is 0 Å². The molecular formula is C10H10IN3OS. The number of thioether (sulfide) groups is 1. The summed E-state index contributed by atoms with van der Waals surface area (Å²) >= 11 is 3.57. The minimum Gasteiger partial charge on any atom is -0.268 e. The van der Waals surface area contributed by atoms with Crippen molar-refractivity contribution >= 4 is 45.7 Å². The summed E-state index contributed by atoms with van der Waals surface area (Å²) in [7, 11) is 0. The zero-order chi connectivity index (χ0) is 11.5. The van der Waals surface area contributed by atoms with Gasteiger partial charge in [0.1, 0.15) is 0 Å². The molecule has 2 aromatic heterocycles. The highest BCUT2D eigenvalue weighted by molar-refractivity contribution is 14.1. The van der Waals surface area contributed by atoms with Gasteiger partial charge in [-0.1, -0.05) is 18.7 Å². The molecule has 0 amide bonds. The van der Waals surface area contributed by atoms with Gasteiger partial charge in [0.05, 0.1) is 28.3 Å². The smallest absolute Gasteiger partial charge is 0.268 e. The van der Waals surface area contributed by atoms with E-state index in [4.69, 9.17) is 0 Å². The Morgan fingerprint density at radius 2 is 2.38 bits per heavy atom. The monoisotopic (exact) mass is 347 g/mol. The molecule has 0 aromatic carbocycles. The van der Waals surface area contributed by atoms with Crippen molar-refractivity contribution in [3.05, 3.63) is 28.7 Å². The van der Waals surface area contributed by atoms with E-state index in [1.165, 1.54) is 0 Å². The first kappa shape index (κ1) is 11.8. The molecule has 4 nitrogen and oxygen atoms in total. The number of hydrogen-bond donors (Lipinski definition) is 0. The molecule has 0 aliphatic carbocycles. The lowest BCUT2D eigenvalue weighted by molar-refractivity contribution is 0.934. The van der Waals surface area contributed by atoms with Crippen molar-refractivity contribution in [1.29, 1.82) is 0 Å². The van der Waals surface area contributed by atoms with Crippen LogP contribution in [0.2, 0.25) is 0 Å². The maximum absolute atomic E-state index is 12.0. The Hall–Kier alpha value is -0.630. The zero-order valence-corrected chi connectivity index (χ0v) is 11.7. The van der Waals surface area contributed by atoms with Crippen LogP contribution in [0, 0.1) is 0 Å². The molecule has 2 heterocycles. The Morgan fingerprint density at radius 3 is 3.12 bits per heavy atom. The predicted molar refractivity (Wildman–Crippen MR) is 74.2 cm³/mol. The van der Waals surface area contributed by atoms with Crippen molar-refractivity contribution in [3.63, 3.8) is 0 Å². The van der Waals surface area contributed by atoms with Crippen LogP contribution in [0.5, 0.6) is 0 Å². The maximum Gasteiger partial charge on any atom is 0.272 e. The van der Waals surface area contributed by atoms with Crippen LogP contribution in [0.1, 0.15) is 13.3 Å². The lowest BCUT2D eigenvalue weighted by atomic mass is 10.3. The number of rotatable bonds is 3. The number of hydrogen-bond acceptors (Lipinski definition) is 4. The Bertz CT molecular complexity index is 569. The van der Waals surface area contributed by atoms with Crippen molar-refractivity contribution < 1.29 is 0 Å². The molecule has 0 saturated heterocycles. The van der Waals surface area contributed by atoms with Crippen LogP contribution >= 0.6 is 34.6 Å². The van der Waals surface area contributed by atoms with Gasteiger partial charge in [0, 0.05) is 11.9 Å². The fraction of sp³-hybridized carbons (Fsp3) is 0.300. The summed E-state index contributed by atoms with van der Waals surface area (Å²) in [5.74, 6) is 0.952. The van der Waals surface area contributed by atoms with E-state index in [1.54, 1.807) is 32.9 Å². The van der Waals surface area contributed by atoms with Gasteiger partial charge in [-0.2, -0.15) is 0 Å². The lowest BCUT2D eigenvalue weighted by Gasteiger charge is -2.05. The second-order valence-electron chi connectivity index (χ2n) is 3.20. The van der Waals surface area contributed by atoms with Crippen molar-refractivity contribution in [2.24, 2.45) is 0 Å². The van der Waals surface area contributed by atoms with Crippen molar-refractivity contribution in [1.82, 2.24) is 12.7 Å². The van der Waals surface area contributed by atoms with E-state index in [2.05, 4.69) is 16.9 Å². The van der Waals surface area contributed by atoms with Gasteiger partial charge in [-0.05, 0) is 18.6 Å². The molecule has 0 aliphatic rings. The van der Waals surface area contributed by atoms with Crippen LogP contribution in [0.15, 0.2) is 28.3 Å². The summed E-state index contributed by atoms with van der Waals surface area (Å²) in [5, 5.41) is 1.29. The van der Waals surface area contributed by atoms with E-state index >= 15 is 0 Å². The second kappa shape index (κ2) is 5.13. The molecule has 0 bridgehead atoms. The molecule has 2 aromatic rings. The summed E-state index contributed by atoms with van der Waals surface area (Å²) in [6, 6.07) is 3.50. The molecule has 2 rings (SSSR count). The molecule has 0 fully saturated rings. The fourth-order valence-corrected chi connectivity index (χ4v) is 2.78. The molecule has 0 N–H and O–H groups in total. The van der Waals surface area contributed by atoms with E-state index in [9.17, 15) is 4.79 Å². The number of aromatic nitrogens is 3. The summed E-state index contributed by atoms with van der Waals surface area (Å²) < 4.78 is 1.56. The van der Waals surface area contributed by atoms with E-state index in [1.807, 2.05) is 22.9 Å². The van der Waals surface area contributed by atoms with Gasteiger partial charge >= 0.3 is 0 Å². The van der Waals surface area contributed by atoms with Crippen molar-refractivity contribution in [2.45, 2.75) is 18.5 Å². The third-order valence-electron chi connectivity index (χ3n) is 2.00. The summed E-state index contributed by atoms with van der Waals surface area (Å²) in [5.41, 5.74) is 0.483. The Balaban J connectivity index is 2.60. The minimum atomic E-state index is -0.0442. The van der Waals surface area contributed by atoms with Crippen LogP contribution in [-0.2, 0) is 0 Å². The van der Waals surface area contributed by atoms with E-state index in [0.717, 1.165) is 17.3 Å². The average molecular weight is 347 g/mol. The second-order valence-corrected chi connectivity index (χ2v) is 5.23. The standard InChI is InChI=1S/C10H10IN3OS/c1-2-6-16-10-13-8-7(4-3-5-12-8)9(15)14(10)11/h3-5H,2,6H2,1H3. The first-order chi connectivity index (χ1) is 7.74. The van der Waals surface area contributed by atoms with Gasteiger partial charge in [-0.15, -0.1) is 0 Å². The minimum absolute atomic E-state index is 0.0442. The predicted octanol–water partition coefficient (Wildman–Crippen LogP) is 2.49.